The van der Waals surface area contributed by atoms with Crippen molar-refractivity contribution >= 4 is 0 Å². The third-order valence-corrected chi connectivity index (χ3v) is 1.60. The summed E-state index contributed by atoms with van der Waals surface area (Å²) in [6.07, 6.45) is 1.50. The SMILES string of the molecule is CC(NCCCN)N(C)C. The lowest BCUT2D eigenvalue weighted by atomic mass is 10.4. The van der Waals surface area contributed by atoms with Crippen LogP contribution in [0.3, 0.4) is 0 Å². The van der Waals surface area contributed by atoms with Gasteiger partial charge in [0, 0.05) is 0 Å². The van der Waals surface area contributed by atoms with E-state index in [-0.39, 0.29) is 0 Å². The van der Waals surface area contributed by atoms with Gasteiger partial charge in [-0.05, 0) is 40.5 Å². The average Bonchev–Trinajstić information content (AvgIpc) is 1.88. The van der Waals surface area contributed by atoms with Gasteiger partial charge in [0.25, 0.3) is 0 Å². The summed E-state index contributed by atoms with van der Waals surface area (Å²) in [5.74, 6) is 0. The number of nitrogens with one attached hydrogen (secondary N) is 1. The summed E-state index contributed by atoms with van der Waals surface area (Å²) < 4.78 is 0. The Bertz CT molecular complexity index is 73.3. The zero-order chi connectivity index (χ0) is 7.98. The van der Waals surface area contributed by atoms with Gasteiger partial charge in [-0.2, -0.15) is 0 Å². The quantitative estimate of drug-likeness (QED) is 0.417. The van der Waals surface area contributed by atoms with Crippen molar-refractivity contribution in [1.29, 1.82) is 0 Å². The highest BCUT2D eigenvalue weighted by Gasteiger charge is 2.00. The Balaban J connectivity index is 3.13. The van der Waals surface area contributed by atoms with E-state index >= 15 is 0 Å². The zero-order valence-corrected chi connectivity index (χ0v) is 7.22. The van der Waals surface area contributed by atoms with Crippen molar-refractivity contribution in [1.82, 2.24) is 10.2 Å². The molecule has 0 amide bonds. The summed E-state index contributed by atoms with van der Waals surface area (Å²) in [4.78, 5) is 2.14. The first-order valence-electron chi connectivity index (χ1n) is 3.78. The molecule has 1 atom stereocenters. The van der Waals surface area contributed by atoms with E-state index in [1.54, 1.807) is 0 Å². The predicted octanol–water partition coefficient (Wildman–Crippen LogP) is -0.168. The van der Waals surface area contributed by atoms with Crippen molar-refractivity contribution in [3.8, 4) is 0 Å². The Kier molecular flexibility index (Phi) is 5.58. The maximum absolute atomic E-state index is 5.34. The number of nitrogens with two attached hydrogens (primary N) is 1. The van der Waals surface area contributed by atoms with Crippen LogP contribution in [-0.4, -0.2) is 38.3 Å². The van der Waals surface area contributed by atoms with E-state index in [0.29, 0.717) is 6.17 Å². The van der Waals surface area contributed by atoms with Crippen LogP contribution >= 0.6 is 0 Å². The minimum Gasteiger partial charge on any atom is -0.330 e. The Labute approximate surface area is 63.6 Å². The molecule has 0 aromatic carbocycles. The first-order valence-corrected chi connectivity index (χ1v) is 3.78. The first-order chi connectivity index (χ1) is 4.68. The molecular formula is C7H19N3. The van der Waals surface area contributed by atoms with E-state index in [4.69, 9.17) is 5.73 Å². The summed E-state index contributed by atoms with van der Waals surface area (Å²) in [7, 11) is 4.11. The molecule has 0 bridgehead atoms. The Morgan fingerprint density at radius 1 is 1.50 bits per heavy atom. The highest BCUT2D eigenvalue weighted by Crippen LogP contribution is 1.84. The predicted molar refractivity (Wildman–Crippen MR) is 44.8 cm³/mol. The Hall–Kier alpha value is -0.120. The fourth-order valence-corrected chi connectivity index (χ4v) is 0.596. The highest BCUT2D eigenvalue weighted by atomic mass is 15.2. The van der Waals surface area contributed by atoms with Gasteiger partial charge >= 0.3 is 0 Å². The number of hydrogen-bond donors (Lipinski definition) is 2. The minimum atomic E-state index is 0.451. The highest BCUT2D eigenvalue weighted by molar-refractivity contribution is 4.56. The second kappa shape index (κ2) is 5.65. The summed E-state index contributed by atoms with van der Waals surface area (Å²) in [6.45, 7) is 3.92. The van der Waals surface area contributed by atoms with Crippen LogP contribution in [0.15, 0.2) is 0 Å². The standard InChI is InChI=1S/C7H19N3/c1-7(10(2)3)9-6-4-5-8/h7,9H,4-6,8H2,1-3H3. The van der Waals surface area contributed by atoms with Crippen LogP contribution in [-0.2, 0) is 0 Å². The van der Waals surface area contributed by atoms with E-state index in [2.05, 4.69) is 31.2 Å². The maximum Gasteiger partial charge on any atom is 0.0562 e. The molecule has 0 aliphatic rings. The van der Waals surface area contributed by atoms with Crippen molar-refractivity contribution in [2.45, 2.75) is 19.5 Å². The molecule has 0 heterocycles. The second-order valence-electron chi connectivity index (χ2n) is 2.74. The molecule has 0 aliphatic carbocycles. The largest absolute Gasteiger partial charge is 0.330 e. The van der Waals surface area contributed by atoms with Crippen molar-refractivity contribution in [2.75, 3.05) is 27.2 Å². The van der Waals surface area contributed by atoms with E-state index in [1.807, 2.05) is 0 Å². The van der Waals surface area contributed by atoms with Crippen LogP contribution in [0.25, 0.3) is 0 Å². The van der Waals surface area contributed by atoms with Crippen LogP contribution in [0, 0.1) is 0 Å². The monoisotopic (exact) mass is 145 g/mol. The minimum absolute atomic E-state index is 0.451. The topological polar surface area (TPSA) is 41.3 Å². The molecule has 62 valence electrons. The Morgan fingerprint density at radius 3 is 2.50 bits per heavy atom. The van der Waals surface area contributed by atoms with E-state index in [0.717, 1.165) is 19.5 Å². The third-order valence-electron chi connectivity index (χ3n) is 1.60. The average molecular weight is 145 g/mol. The molecule has 3 heteroatoms. The van der Waals surface area contributed by atoms with Crippen LogP contribution in [0.2, 0.25) is 0 Å². The Morgan fingerprint density at radius 2 is 2.10 bits per heavy atom. The molecule has 0 radical (unpaired) electrons. The molecule has 0 spiro atoms. The molecular weight excluding hydrogens is 126 g/mol. The number of hydrogen-bond acceptors (Lipinski definition) is 3. The van der Waals surface area contributed by atoms with Crippen molar-refractivity contribution in [2.24, 2.45) is 5.73 Å². The summed E-state index contributed by atoms with van der Waals surface area (Å²) in [5, 5.41) is 3.33. The number of nitrogens with zero attached hydrogens (tertiary/aromatic N) is 1. The zero-order valence-electron chi connectivity index (χ0n) is 7.22. The molecule has 0 aromatic rings. The van der Waals surface area contributed by atoms with Crippen LogP contribution in [0.4, 0.5) is 0 Å². The lowest BCUT2D eigenvalue weighted by Gasteiger charge is -2.20. The maximum atomic E-state index is 5.34. The lowest BCUT2D eigenvalue weighted by Crippen LogP contribution is -2.39. The molecule has 3 nitrogen and oxygen atoms in total. The molecule has 0 saturated heterocycles. The van der Waals surface area contributed by atoms with Crippen LogP contribution in [0.5, 0.6) is 0 Å². The third kappa shape index (κ3) is 4.73. The summed E-state index contributed by atoms with van der Waals surface area (Å²) >= 11 is 0. The van der Waals surface area contributed by atoms with Gasteiger partial charge in [0.2, 0.25) is 0 Å². The van der Waals surface area contributed by atoms with Crippen LogP contribution in [0.1, 0.15) is 13.3 Å². The van der Waals surface area contributed by atoms with Gasteiger partial charge in [-0.3, -0.25) is 4.90 Å². The van der Waals surface area contributed by atoms with Crippen molar-refractivity contribution in [3.05, 3.63) is 0 Å². The summed E-state index contributed by atoms with van der Waals surface area (Å²) in [5.41, 5.74) is 5.34. The van der Waals surface area contributed by atoms with Gasteiger partial charge in [-0.15, -0.1) is 0 Å². The fourth-order valence-electron chi connectivity index (χ4n) is 0.596. The van der Waals surface area contributed by atoms with Crippen LogP contribution < -0.4 is 11.1 Å². The van der Waals surface area contributed by atoms with E-state index in [1.165, 1.54) is 0 Å². The van der Waals surface area contributed by atoms with Gasteiger partial charge in [0.05, 0.1) is 6.17 Å². The molecule has 3 N–H and O–H groups in total. The van der Waals surface area contributed by atoms with Crippen molar-refractivity contribution < 1.29 is 0 Å². The molecule has 1 unspecified atom stereocenters. The molecule has 0 aromatic heterocycles. The van der Waals surface area contributed by atoms with Gasteiger partial charge < -0.3 is 11.1 Å². The van der Waals surface area contributed by atoms with Gasteiger partial charge in [-0.25, -0.2) is 0 Å². The molecule has 0 saturated carbocycles. The summed E-state index contributed by atoms with van der Waals surface area (Å²) in [6, 6.07) is 0. The first kappa shape index (κ1) is 9.88. The van der Waals surface area contributed by atoms with Gasteiger partial charge in [0.1, 0.15) is 0 Å². The van der Waals surface area contributed by atoms with E-state index in [9.17, 15) is 0 Å². The van der Waals surface area contributed by atoms with Gasteiger partial charge in [0.15, 0.2) is 0 Å². The lowest BCUT2D eigenvalue weighted by molar-refractivity contribution is 0.266. The smallest absolute Gasteiger partial charge is 0.0562 e. The second-order valence-corrected chi connectivity index (χ2v) is 2.74. The molecule has 0 fully saturated rings. The fraction of sp³-hybridized carbons (Fsp3) is 1.00. The number of rotatable bonds is 5. The molecule has 0 aliphatic heterocycles. The normalized spacial score (nSPS) is 14.1. The van der Waals surface area contributed by atoms with E-state index < -0.39 is 0 Å². The van der Waals surface area contributed by atoms with Crippen molar-refractivity contribution in [3.63, 3.8) is 0 Å². The van der Waals surface area contributed by atoms with Gasteiger partial charge in [-0.1, -0.05) is 0 Å². The molecule has 0 rings (SSSR count). The molecule has 10 heavy (non-hydrogen) atoms.